The Kier molecular flexibility index (Phi) is 6.85. The lowest BCUT2D eigenvalue weighted by atomic mass is 9.97. The molecule has 2 aromatic heterocycles. The van der Waals surface area contributed by atoms with Crippen molar-refractivity contribution in [1.82, 2.24) is 9.97 Å². The summed E-state index contributed by atoms with van der Waals surface area (Å²) in [6.07, 6.45) is -3.83. The van der Waals surface area contributed by atoms with Crippen LogP contribution < -0.4 is 5.32 Å². The van der Waals surface area contributed by atoms with Gasteiger partial charge in [-0.1, -0.05) is 17.7 Å². The highest BCUT2D eigenvalue weighted by Crippen LogP contribution is 2.31. The lowest BCUT2D eigenvalue weighted by Crippen LogP contribution is -2.21. The van der Waals surface area contributed by atoms with Crippen LogP contribution >= 0.6 is 0 Å². The summed E-state index contributed by atoms with van der Waals surface area (Å²) < 4.78 is 50.3. The monoisotopic (exact) mass is 461 g/mol. The Labute approximate surface area is 188 Å². The molecule has 0 saturated heterocycles. The SMILES string of the molecule is CCOC(=O)c1cnc(NC(=O)c2ccc(Cc3c(C)cc(C)cc3C)o2)nc1C(F)(F)F. The summed E-state index contributed by atoms with van der Waals surface area (Å²) >= 11 is 0. The molecule has 1 aromatic carbocycles. The van der Waals surface area contributed by atoms with Crippen molar-refractivity contribution >= 4 is 17.8 Å². The number of halogens is 3. The van der Waals surface area contributed by atoms with Crippen LogP contribution in [0.4, 0.5) is 19.1 Å². The molecule has 1 N–H and O–H groups in total. The van der Waals surface area contributed by atoms with E-state index in [4.69, 9.17) is 4.42 Å². The van der Waals surface area contributed by atoms with Crippen molar-refractivity contribution in [3.05, 3.63) is 75.5 Å². The molecule has 3 rings (SSSR count). The van der Waals surface area contributed by atoms with Gasteiger partial charge in [0.1, 0.15) is 11.3 Å². The first kappa shape index (κ1) is 24.0. The van der Waals surface area contributed by atoms with E-state index in [1.807, 2.05) is 20.8 Å². The summed E-state index contributed by atoms with van der Waals surface area (Å²) in [6.45, 7) is 7.32. The number of hydrogen-bond acceptors (Lipinski definition) is 6. The van der Waals surface area contributed by atoms with Gasteiger partial charge in [0, 0.05) is 12.6 Å². The van der Waals surface area contributed by atoms with E-state index in [0.29, 0.717) is 18.4 Å². The number of furan rings is 1. The number of anilines is 1. The van der Waals surface area contributed by atoms with Crippen LogP contribution in [0.3, 0.4) is 0 Å². The molecule has 33 heavy (non-hydrogen) atoms. The fourth-order valence-corrected chi connectivity index (χ4v) is 3.44. The molecule has 3 aromatic rings. The highest BCUT2D eigenvalue weighted by molar-refractivity contribution is 6.01. The first-order chi connectivity index (χ1) is 15.5. The third kappa shape index (κ3) is 5.57. The van der Waals surface area contributed by atoms with Gasteiger partial charge in [0.05, 0.1) is 6.61 Å². The number of amides is 1. The van der Waals surface area contributed by atoms with E-state index in [2.05, 4.69) is 32.2 Å². The van der Waals surface area contributed by atoms with Gasteiger partial charge in [0.2, 0.25) is 5.95 Å². The number of benzene rings is 1. The van der Waals surface area contributed by atoms with E-state index in [1.165, 1.54) is 13.0 Å². The van der Waals surface area contributed by atoms with Crippen LogP contribution in [0.25, 0.3) is 0 Å². The minimum atomic E-state index is -4.95. The molecule has 0 saturated carbocycles. The summed E-state index contributed by atoms with van der Waals surface area (Å²) in [5.74, 6) is -2.25. The number of esters is 1. The number of hydrogen-bond donors (Lipinski definition) is 1. The zero-order chi connectivity index (χ0) is 24.3. The zero-order valence-corrected chi connectivity index (χ0v) is 18.5. The third-order valence-corrected chi connectivity index (χ3v) is 4.85. The fraction of sp³-hybridized carbons (Fsp3) is 0.304. The second-order valence-electron chi connectivity index (χ2n) is 7.45. The van der Waals surface area contributed by atoms with E-state index in [-0.39, 0.29) is 12.4 Å². The summed E-state index contributed by atoms with van der Waals surface area (Å²) in [4.78, 5) is 31.2. The molecule has 0 bridgehead atoms. The molecule has 7 nitrogen and oxygen atoms in total. The van der Waals surface area contributed by atoms with Gasteiger partial charge in [-0.05, 0) is 56.5 Å². The maximum absolute atomic E-state index is 13.4. The van der Waals surface area contributed by atoms with Gasteiger partial charge in [0.15, 0.2) is 11.5 Å². The normalized spacial score (nSPS) is 11.4. The van der Waals surface area contributed by atoms with Crippen LogP contribution in [0.5, 0.6) is 0 Å². The molecule has 0 fully saturated rings. The summed E-state index contributed by atoms with van der Waals surface area (Å²) in [7, 11) is 0. The summed E-state index contributed by atoms with van der Waals surface area (Å²) in [5.41, 5.74) is 2.03. The van der Waals surface area contributed by atoms with Crippen LogP contribution in [-0.4, -0.2) is 28.5 Å². The van der Waals surface area contributed by atoms with Crippen LogP contribution in [0.1, 0.15) is 61.5 Å². The summed E-state index contributed by atoms with van der Waals surface area (Å²) in [5, 5.41) is 2.17. The van der Waals surface area contributed by atoms with Crippen LogP contribution in [-0.2, 0) is 17.3 Å². The average Bonchev–Trinajstić information content (AvgIpc) is 3.19. The minimum absolute atomic E-state index is 0.112. The fourth-order valence-electron chi connectivity index (χ4n) is 3.44. The topological polar surface area (TPSA) is 94.3 Å². The van der Waals surface area contributed by atoms with E-state index < -0.39 is 35.3 Å². The molecule has 1 amide bonds. The Hall–Kier alpha value is -3.69. The van der Waals surface area contributed by atoms with E-state index >= 15 is 0 Å². The van der Waals surface area contributed by atoms with Crippen molar-refractivity contribution < 1.29 is 31.9 Å². The molecule has 0 aliphatic heterocycles. The number of nitrogens with zero attached hydrogens (tertiary/aromatic N) is 2. The highest BCUT2D eigenvalue weighted by atomic mass is 19.4. The number of alkyl halides is 3. The quantitative estimate of drug-likeness (QED) is 0.517. The minimum Gasteiger partial charge on any atom is -0.462 e. The van der Waals surface area contributed by atoms with Gasteiger partial charge in [-0.3, -0.25) is 10.1 Å². The van der Waals surface area contributed by atoms with E-state index in [9.17, 15) is 22.8 Å². The number of rotatable bonds is 6. The molecule has 0 atom stereocenters. The van der Waals surface area contributed by atoms with E-state index in [1.54, 1.807) is 6.07 Å². The van der Waals surface area contributed by atoms with Crippen molar-refractivity contribution in [3.8, 4) is 0 Å². The predicted molar refractivity (Wildman–Crippen MR) is 113 cm³/mol. The second kappa shape index (κ2) is 9.43. The number of carbonyl (C=O) groups is 2. The molecular formula is C23H22F3N3O4. The largest absolute Gasteiger partial charge is 0.462 e. The molecule has 0 aliphatic carbocycles. The highest BCUT2D eigenvalue weighted by Gasteiger charge is 2.38. The standard InChI is InChI=1S/C23H22F3N3O4/c1-5-32-21(31)17-11-27-22(28-19(17)23(24,25)26)29-20(30)18-7-6-15(33-18)10-16-13(3)8-12(2)9-14(16)4/h6-9,11H,5,10H2,1-4H3,(H,27,28,29,30). The van der Waals surface area contributed by atoms with Gasteiger partial charge in [-0.25, -0.2) is 14.8 Å². The number of ether oxygens (including phenoxy) is 1. The van der Waals surface area contributed by atoms with Crippen molar-refractivity contribution in [2.75, 3.05) is 11.9 Å². The molecule has 0 unspecified atom stereocenters. The van der Waals surface area contributed by atoms with Crippen molar-refractivity contribution in [3.63, 3.8) is 0 Å². The van der Waals surface area contributed by atoms with Gasteiger partial charge in [-0.2, -0.15) is 13.2 Å². The molecule has 174 valence electrons. The lowest BCUT2D eigenvalue weighted by Gasteiger charge is -2.12. The summed E-state index contributed by atoms with van der Waals surface area (Å²) in [6, 6.07) is 7.14. The maximum atomic E-state index is 13.4. The maximum Gasteiger partial charge on any atom is 0.434 e. The smallest absolute Gasteiger partial charge is 0.434 e. The van der Waals surface area contributed by atoms with Crippen LogP contribution in [0.15, 0.2) is 34.9 Å². The third-order valence-electron chi connectivity index (χ3n) is 4.85. The Bertz CT molecular complexity index is 1180. The Balaban J connectivity index is 1.80. The van der Waals surface area contributed by atoms with Crippen molar-refractivity contribution in [2.45, 2.75) is 40.3 Å². The van der Waals surface area contributed by atoms with Crippen LogP contribution in [0.2, 0.25) is 0 Å². The Morgan fingerprint density at radius 2 is 1.79 bits per heavy atom. The molecule has 2 heterocycles. The number of carbonyl (C=O) groups excluding carboxylic acids is 2. The second-order valence-corrected chi connectivity index (χ2v) is 7.45. The lowest BCUT2D eigenvalue weighted by molar-refractivity contribution is -0.141. The average molecular weight is 461 g/mol. The first-order valence-electron chi connectivity index (χ1n) is 10.1. The molecule has 0 radical (unpaired) electrons. The molecule has 10 heteroatoms. The van der Waals surface area contributed by atoms with Gasteiger partial charge in [0.25, 0.3) is 5.91 Å². The molecule has 0 spiro atoms. The van der Waals surface area contributed by atoms with Crippen molar-refractivity contribution in [1.29, 1.82) is 0 Å². The Morgan fingerprint density at radius 3 is 2.39 bits per heavy atom. The number of aryl methyl sites for hydroxylation is 3. The number of aromatic nitrogens is 2. The van der Waals surface area contributed by atoms with Gasteiger partial charge < -0.3 is 9.15 Å². The van der Waals surface area contributed by atoms with Crippen LogP contribution in [0, 0.1) is 20.8 Å². The predicted octanol–water partition coefficient (Wildman–Crippen LogP) is 5.03. The zero-order valence-electron chi connectivity index (χ0n) is 18.5. The first-order valence-corrected chi connectivity index (χ1v) is 10.1. The number of nitrogens with one attached hydrogen (secondary N) is 1. The Morgan fingerprint density at radius 1 is 1.12 bits per heavy atom. The van der Waals surface area contributed by atoms with Gasteiger partial charge >= 0.3 is 12.1 Å². The molecular weight excluding hydrogens is 439 g/mol. The van der Waals surface area contributed by atoms with E-state index in [0.717, 1.165) is 22.3 Å². The van der Waals surface area contributed by atoms with Gasteiger partial charge in [-0.15, -0.1) is 0 Å². The van der Waals surface area contributed by atoms with Crippen molar-refractivity contribution in [2.24, 2.45) is 0 Å². The molecule has 0 aliphatic rings.